The second kappa shape index (κ2) is 11.5. The highest BCUT2D eigenvalue weighted by atomic mass is 32.1. The largest absolute Gasteiger partial charge is 0.550 e. The molecule has 114 valence electrons. The summed E-state index contributed by atoms with van der Waals surface area (Å²) in [7, 11) is 0. The smallest absolute Gasteiger partial charge is 0.134 e. The molecule has 0 bridgehead atoms. The van der Waals surface area contributed by atoms with Crippen molar-refractivity contribution in [1.29, 1.82) is 0 Å². The molecule has 0 aromatic heterocycles. The van der Waals surface area contributed by atoms with Gasteiger partial charge in [-0.3, -0.25) is 0 Å². The molecule has 0 rings (SSSR count). The van der Waals surface area contributed by atoms with E-state index in [2.05, 4.69) is 10.6 Å². The Morgan fingerprint density at radius 3 is 1.40 bits per heavy atom. The van der Waals surface area contributed by atoms with Gasteiger partial charge in [-0.2, -0.15) is 0 Å². The average molecular weight is 318 g/mol. The summed E-state index contributed by atoms with van der Waals surface area (Å²) in [5.41, 5.74) is 0. The van der Waals surface area contributed by atoms with Crippen molar-refractivity contribution in [2.24, 2.45) is 0 Å². The molecule has 0 aliphatic heterocycles. The molecule has 20 heavy (non-hydrogen) atoms. The number of carbonyl (C=O) groups excluding carboxylic acids is 2. The number of rotatable bonds is 10. The van der Waals surface area contributed by atoms with Gasteiger partial charge in [0.1, 0.15) is 9.98 Å². The SMILES string of the molecule is O=C([O-])CCCCNC(=S)C(=S)NCCCCC(=O)[O-]. The fourth-order valence-electron chi connectivity index (χ4n) is 1.35. The van der Waals surface area contributed by atoms with Crippen LogP contribution in [0.1, 0.15) is 38.5 Å². The number of thiocarbonyl (C=S) groups is 2. The molecule has 8 heteroatoms. The third-order valence-electron chi connectivity index (χ3n) is 2.39. The van der Waals surface area contributed by atoms with Crippen molar-refractivity contribution < 1.29 is 19.8 Å². The third kappa shape index (κ3) is 11.8. The number of hydrogen-bond acceptors (Lipinski definition) is 6. The summed E-state index contributed by atoms with van der Waals surface area (Å²) in [5, 5.41) is 26.2. The van der Waals surface area contributed by atoms with Gasteiger partial charge >= 0.3 is 0 Å². The molecule has 0 saturated heterocycles. The number of carbonyl (C=O) groups is 2. The maximum atomic E-state index is 10.2. The molecule has 0 aromatic carbocycles. The van der Waals surface area contributed by atoms with E-state index in [1.165, 1.54) is 0 Å². The minimum atomic E-state index is -1.05. The van der Waals surface area contributed by atoms with Crippen molar-refractivity contribution in [2.75, 3.05) is 13.1 Å². The van der Waals surface area contributed by atoms with Crippen LogP contribution in [0.15, 0.2) is 0 Å². The zero-order chi connectivity index (χ0) is 15.4. The van der Waals surface area contributed by atoms with E-state index in [0.29, 0.717) is 48.7 Å². The summed E-state index contributed by atoms with van der Waals surface area (Å²) < 4.78 is 0. The van der Waals surface area contributed by atoms with Gasteiger partial charge in [-0.15, -0.1) is 0 Å². The molecular formula is C12H18N2O4S2-2. The maximum absolute atomic E-state index is 10.2. The van der Waals surface area contributed by atoms with Crippen molar-refractivity contribution in [3.63, 3.8) is 0 Å². The molecular weight excluding hydrogens is 300 g/mol. The van der Waals surface area contributed by atoms with Crippen LogP contribution in [0.25, 0.3) is 0 Å². The summed E-state index contributed by atoms with van der Waals surface area (Å²) in [6.07, 6.45) is 2.47. The van der Waals surface area contributed by atoms with Crippen LogP contribution in [0.2, 0.25) is 0 Å². The number of unbranched alkanes of at least 4 members (excludes halogenated alkanes) is 2. The van der Waals surface area contributed by atoms with Crippen molar-refractivity contribution in [3.05, 3.63) is 0 Å². The van der Waals surface area contributed by atoms with E-state index in [1.807, 2.05) is 0 Å². The van der Waals surface area contributed by atoms with Gasteiger partial charge in [0.15, 0.2) is 0 Å². The van der Waals surface area contributed by atoms with Gasteiger partial charge < -0.3 is 30.4 Å². The summed E-state index contributed by atoms with van der Waals surface area (Å²) in [5.74, 6) is -2.11. The molecule has 0 fully saturated rings. The Bertz CT molecular complexity index is 327. The number of carboxylic acids is 2. The minimum absolute atomic E-state index is 0.0373. The molecule has 0 heterocycles. The molecule has 0 radical (unpaired) electrons. The molecule has 0 saturated carbocycles. The molecule has 0 spiro atoms. The summed E-state index contributed by atoms with van der Waals surface area (Å²) in [6.45, 7) is 1.11. The first kappa shape index (κ1) is 18.7. The zero-order valence-electron chi connectivity index (χ0n) is 11.1. The van der Waals surface area contributed by atoms with E-state index >= 15 is 0 Å². The summed E-state index contributed by atoms with van der Waals surface area (Å²) >= 11 is 10.1. The lowest BCUT2D eigenvalue weighted by atomic mass is 10.2. The van der Waals surface area contributed by atoms with Crippen LogP contribution in [-0.2, 0) is 9.59 Å². The number of hydrogen-bond donors (Lipinski definition) is 2. The van der Waals surface area contributed by atoms with Gasteiger partial charge in [0, 0.05) is 25.0 Å². The van der Waals surface area contributed by atoms with Crippen LogP contribution in [0.5, 0.6) is 0 Å². The third-order valence-corrected chi connectivity index (χ3v) is 3.22. The Morgan fingerprint density at radius 1 is 0.750 bits per heavy atom. The molecule has 0 aromatic rings. The second-order valence-electron chi connectivity index (χ2n) is 4.17. The van der Waals surface area contributed by atoms with Crippen LogP contribution in [0, 0.1) is 0 Å². The van der Waals surface area contributed by atoms with Gasteiger partial charge in [-0.25, -0.2) is 0 Å². The first-order chi connectivity index (χ1) is 9.43. The Balaban J connectivity index is 3.54. The molecule has 6 nitrogen and oxygen atoms in total. The van der Waals surface area contributed by atoms with Crippen LogP contribution in [0.4, 0.5) is 0 Å². The molecule has 0 aliphatic rings. The molecule has 0 atom stereocenters. The Hall–Kier alpha value is -1.28. The number of aliphatic carboxylic acids is 2. The van der Waals surface area contributed by atoms with E-state index in [9.17, 15) is 19.8 Å². The van der Waals surface area contributed by atoms with Gasteiger partial charge in [-0.1, -0.05) is 24.4 Å². The van der Waals surface area contributed by atoms with Crippen LogP contribution < -0.4 is 20.8 Å². The van der Waals surface area contributed by atoms with E-state index in [1.54, 1.807) is 0 Å². The average Bonchev–Trinajstić information content (AvgIpc) is 2.36. The monoisotopic (exact) mass is 318 g/mol. The first-order valence-corrected chi connectivity index (χ1v) is 7.21. The minimum Gasteiger partial charge on any atom is -0.550 e. The summed E-state index contributed by atoms with van der Waals surface area (Å²) in [6, 6.07) is 0. The van der Waals surface area contributed by atoms with E-state index in [0.717, 1.165) is 0 Å². The summed E-state index contributed by atoms with van der Waals surface area (Å²) in [4.78, 5) is 21.2. The Labute approximate surface area is 128 Å². The number of carboxylic acid groups (broad SMARTS) is 2. The highest BCUT2D eigenvalue weighted by molar-refractivity contribution is 7.89. The van der Waals surface area contributed by atoms with Crippen molar-refractivity contribution in [2.45, 2.75) is 38.5 Å². The fraction of sp³-hybridized carbons (Fsp3) is 0.667. The lowest BCUT2D eigenvalue weighted by molar-refractivity contribution is -0.307. The maximum Gasteiger partial charge on any atom is 0.134 e. The topological polar surface area (TPSA) is 104 Å². The quantitative estimate of drug-likeness (QED) is 0.377. The standard InChI is InChI=1S/C12H20N2O4S2/c15-9(16)5-1-3-7-13-11(19)12(20)14-8-4-2-6-10(17)18/h1-8H2,(H,13,19)(H,14,20)(H,15,16)(H,17,18)/p-2. The first-order valence-electron chi connectivity index (χ1n) is 6.39. The molecule has 2 N–H and O–H groups in total. The van der Waals surface area contributed by atoms with Crippen molar-refractivity contribution in [3.8, 4) is 0 Å². The highest BCUT2D eigenvalue weighted by Gasteiger charge is 2.02. The van der Waals surface area contributed by atoms with Crippen LogP contribution in [0.3, 0.4) is 0 Å². The fourth-order valence-corrected chi connectivity index (χ4v) is 1.70. The molecule has 0 unspecified atom stereocenters. The predicted octanol–water partition coefficient (Wildman–Crippen LogP) is -1.34. The number of nitrogens with one attached hydrogen (secondary N) is 2. The lowest BCUT2D eigenvalue weighted by Crippen LogP contribution is -2.38. The predicted molar refractivity (Wildman–Crippen MR) is 78.9 cm³/mol. The van der Waals surface area contributed by atoms with Gasteiger partial charge in [0.2, 0.25) is 0 Å². The Morgan fingerprint density at radius 2 is 1.10 bits per heavy atom. The molecule has 0 aliphatic carbocycles. The van der Waals surface area contributed by atoms with Gasteiger partial charge in [0.05, 0.1) is 0 Å². The van der Waals surface area contributed by atoms with Crippen molar-refractivity contribution in [1.82, 2.24) is 10.6 Å². The molecule has 0 amide bonds. The normalized spacial score (nSPS) is 9.80. The van der Waals surface area contributed by atoms with E-state index < -0.39 is 11.9 Å². The highest BCUT2D eigenvalue weighted by Crippen LogP contribution is 1.94. The van der Waals surface area contributed by atoms with Crippen LogP contribution >= 0.6 is 24.4 Å². The van der Waals surface area contributed by atoms with E-state index in [4.69, 9.17) is 24.4 Å². The van der Waals surface area contributed by atoms with Crippen LogP contribution in [-0.4, -0.2) is 35.0 Å². The zero-order valence-corrected chi connectivity index (χ0v) is 12.7. The van der Waals surface area contributed by atoms with E-state index in [-0.39, 0.29) is 12.8 Å². The van der Waals surface area contributed by atoms with Crippen molar-refractivity contribution >= 4 is 46.4 Å². The second-order valence-corrected chi connectivity index (χ2v) is 4.99. The Kier molecular flexibility index (Phi) is 10.8. The lowest BCUT2D eigenvalue weighted by Gasteiger charge is -2.11. The van der Waals surface area contributed by atoms with Gasteiger partial charge in [0.25, 0.3) is 0 Å². The van der Waals surface area contributed by atoms with Gasteiger partial charge in [-0.05, 0) is 38.5 Å².